The normalized spacial score (nSPS) is 10.2. The van der Waals surface area contributed by atoms with E-state index in [2.05, 4.69) is 5.16 Å². The van der Waals surface area contributed by atoms with Crippen molar-refractivity contribution in [3.05, 3.63) is 47.3 Å². The number of hydrogen-bond acceptors (Lipinski definition) is 4. The van der Waals surface area contributed by atoms with Crippen molar-refractivity contribution < 1.29 is 19.2 Å². The van der Waals surface area contributed by atoms with Gasteiger partial charge in [0.15, 0.2) is 0 Å². The summed E-state index contributed by atoms with van der Waals surface area (Å²) >= 11 is 0. The van der Waals surface area contributed by atoms with Crippen LogP contribution in [0.5, 0.6) is 0 Å². The van der Waals surface area contributed by atoms with E-state index >= 15 is 0 Å². The van der Waals surface area contributed by atoms with Gasteiger partial charge in [0.1, 0.15) is 0 Å². The van der Waals surface area contributed by atoms with Crippen LogP contribution in [0.3, 0.4) is 0 Å². The molecule has 2 aromatic rings. The Bertz CT molecular complexity index is 616. The number of aromatic carboxylic acids is 1. The summed E-state index contributed by atoms with van der Waals surface area (Å²) in [5.74, 6) is -1.17. The van der Waals surface area contributed by atoms with E-state index in [-0.39, 0.29) is 17.2 Å². The van der Waals surface area contributed by atoms with Crippen molar-refractivity contribution in [2.45, 2.75) is 6.92 Å². The van der Waals surface area contributed by atoms with Crippen LogP contribution in [0.2, 0.25) is 0 Å². The molecule has 1 aromatic carbocycles. The van der Waals surface area contributed by atoms with Crippen molar-refractivity contribution >= 4 is 17.6 Å². The predicted molar refractivity (Wildman–Crippen MR) is 67.4 cm³/mol. The summed E-state index contributed by atoms with van der Waals surface area (Å²) in [6, 6.07) is 6.00. The SMILES string of the molecule is Cc1cnoc1C(=O)N(C)c1ccc(C(=O)O)cc1. The molecule has 1 amide bonds. The minimum absolute atomic E-state index is 0.167. The van der Waals surface area contributed by atoms with E-state index < -0.39 is 5.97 Å². The maximum Gasteiger partial charge on any atom is 0.335 e. The number of carbonyl (C=O) groups is 2. The minimum Gasteiger partial charge on any atom is -0.478 e. The molecule has 6 heteroatoms. The molecule has 19 heavy (non-hydrogen) atoms. The Labute approximate surface area is 109 Å². The second kappa shape index (κ2) is 4.93. The van der Waals surface area contributed by atoms with Crippen LogP contribution in [0.4, 0.5) is 5.69 Å². The van der Waals surface area contributed by atoms with Crippen LogP contribution in [0.15, 0.2) is 35.0 Å². The zero-order valence-corrected chi connectivity index (χ0v) is 10.5. The monoisotopic (exact) mass is 260 g/mol. The Balaban J connectivity index is 2.24. The molecule has 1 heterocycles. The lowest BCUT2D eigenvalue weighted by atomic mass is 10.2. The van der Waals surface area contributed by atoms with Crippen molar-refractivity contribution in [2.24, 2.45) is 0 Å². The second-order valence-electron chi connectivity index (χ2n) is 4.05. The standard InChI is InChI=1S/C13H12N2O4/c1-8-7-14-19-11(8)12(16)15(2)10-5-3-9(4-6-10)13(17)18/h3-7H,1-2H3,(H,17,18). The van der Waals surface area contributed by atoms with Crippen LogP contribution in [-0.4, -0.2) is 29.2 Å². The smallest absolute Gasteiger partial charge is 0.335 e. The van der Waals surface area contributed by atoms with Gasteiger partial charge in [0.2, 0.25) is 5.76 Å². The number of rotatable bonds is 3. The van der Waals surface area contributed by atoms with E-state index in [1.165, 1.54) is 23.2 Å². The molecular weight excluding hydrogens is 248 g/mol. The van der Waals surface area contributed by atoms with Crippen LogP contribution in [0.25, 0.3) is 0 Å². The third-order valence-electron chi connectivity index (χ3n) is 2.75. The highest BCUT2D eigenvalue weighted by Crippen LogP contribution is 2.18. The number of carboxylic acids is 1. The molecule has 0 saturated carbocycles. The van der Waals surface area contributed by atoms with Gasteiger partial charge in [0, 0.05) is 18.3 Å². The molecule has 0 unspecified atom stereocenters. The zero-order chi connectivity index (χ0) is 14.0. The number of aryl methyl sites for hydroxylation is 1. The quantitative estimate of drug-likeness (QED) is 0.911. The zero-order valence-electron chi connectivity index (χ0n) is 10.5. The molecule has 0 aliphatic carbocycles. The van der Waals surface area contributed by atoms with Gasteiger partial charge in [-0.2, -0.15) is 0 Å². The van der Waals surface area contributed by atoms with Crippen molar-refractivity contribution in [3.8, 4) is 0 Å². The van der Waals surface area contributed by atoms with Crippen molar-refractivity contribution in [1.82, 2.24) is 5.16 Å². The molecule has 98 valence electrons. The number of anilines is 1. The highest BCUT2D eigenvalue weighted by Gasteiger charge is 2.20. The molecule has 0 aliphatic rings. The second-order valence-corrected chi connectivity index (χ2v) is 4.05. The largest absolute Gasteiger partial charge is 0.478 e. The van der Waals surface area contributed by atoms with Gasteiger partial charge < -0.3 is 14.5 Å². The fourth-order valence-electron chi connectivity index (χ4n) is 1.59. The Morgan fingerprint density at radius 2 is 1.89 bits per heavy atom. The highest BCUT2D eigenvalue weighted by molar-refractivity contribution is 6.04. The van der Waals surface area contributed by atoms with Gasteiger partial charge in [-0.3, -0.25) is 4.79 Å². The molecule has 0 fully saturated rings. The Morgan fingerprint density at radius 3 is 2.37 bits per heavy atom. The fraction of sp³-hybridized carbons (Fsp3) is 0.154. The minimum atomic E-state index is -1.01. The van der Waals surface area contributed by atoms with Gasteiger partial charge in [-0.1, -0.05) is 5.16 Å². The van der Waals surface area contributed by atoms with Gasteiger partial charge in [-0.05, 0) is 31.2 Å². The van der Waals surface area contributed by atoms with Crippen LogP contribution in [0.1, 0.15) is 26.5 Å². The highest BCUT2D eigenvalue weighted by atomic mass is 16.5. The average Bonchev–Trinajstić information content (AvgIpc) is 2.83. The topological polar surface area (TPSA) is 83.6 Å². The lowest BCUT2D eigenvalue weighted by Gasteiger charge is -2.16. The molecule has 0 spiro atoms. The molecular formula is C13H12N2O4. The first kappa shape index (κ1) is 12.8. The first-order valence-electron chi connectivity index (χ1n) is 5.53. The molecule has 2 rings (SSSR count). The number of carbonyl (C=O) groups excluding carboxylic acids is 1. The maximum atomic E-state index is 12.1. The Kier molecular flexibility index (Phi) is 3.33. The van der Waals surface area contributed by atoms with Gasteiger partial charge in [0.25, 0.3) is 5.91 Å². The van der Waals surface area contributed by atoms with Crippen LogP contribution in [-0.2, 0) is 0 Å². The number of benzene rings is 1. The van der Waals surface area contributed by atoms with Crippen molar-refractivity contribution in [3.63, 3.8) is 0 Å². The van der Waals surface area contributed by atoms with Gasteiger partial charge in [-0.15, -0.1) is 0 Å². The Morgan fingerprint density at radius 1 is 1.26 bits per heavy atom. The van der Waals surface area contributed by atoms with Crippen molar-refractivity contribution in [2.75, 3.05) is 11.9 Å². The number of aromatic nitrogens is 1. The summed E-state index contributed by atoms with van der Waals surface area (Å²) in [4.78, 5) is 24.2. The first-order chi connectivity index (χ1) is 9.00. The predicted octanol–water partition coefficient (Wildman–Crippen LogP) is 1.96. The third-order valence-corrected chi connectivity index (χ3v) is 2.75. The summed E-state index contributed by atoms with van der Waals surface area (Å²) in [5, 5.41) is 12.4. The Hall–Kier alpha value is -2.63. The molecule has 0 bridgehead atoms. The van der Waals surface area contributed by atoms with Crippen LogP contribution in [0, 0.1) is 6.92 Å². The van der Waals surface area contributed by atoms with E-state index in [9.17, 15) is 9.59 Å². The van der Waals surface area contributed by atoms with E-state index in [1.54, 1.807) is 26.1 Å². The van der Waals surface area contributed by atoms with Gasteiger partial charge in [0.05, 0.1) is 11.8 Å². The summed E-state index contributed by atoms with van der Waals surface area (Å²) in [6.45, 7) is 1.73. The van der Waals surface area contributed by atoms with Crippen LogP contribution >= 0.6 is 0 Å². The summed E-state index contributed by atoms with van der Waals surface area (Å²) in [6.07, 6.45) is 1.47. The third kappa shape index (κ3) is 2.47. The number of amides is 1. The number of carboxylic acid groups (broad SMARTS) is 1. The first-order valence-corrected chi connectivity index (χ1v) is 5.53. The summed E-state index contributed by atoms with van der Waals surface area (Å²) < 4.78 is 4.90. The molecule has 0 atom stereocenters. The maximum absolute atomic E-state index is 12.1. The van der Waals surface area contributed by atoms with Gasteiger partial charge >= 0.3 is 5.97 Å². The number of nitrogens with zero attached hydrogens (tertiary/aromatic N) is 2. The van der Waals surface area contributed by atoms with E-state index in [0.29, 0.717) is 11.3 Å². The van der Waals surface area contributed by atoms with E-state index in [1.807, 2.05) is 0 Å². The van der Waals surface area contributed by atoms with E-state index in [0.717, 1.165) is 0 Å². The van der Waals surface area contributed by atoms with Crippen molar-refractivity contribution in [1.29, 1.82) is 0 Å². The lowest BCUT2D eigenvalue weighted by molar-refractivity contribution is 0.0696. The summed E-state index contributed by atoms with van der Waals surface area (Å²) in [5.41, 5.74) is 1.39. The molecule has 6 nitrogen and oxygen atoms in total. The molecule has 0 aliphatic heterocycles. The van der Waals surface area contributed by atoms with E-state index in [4.69, 9.17) is 9.63 Å². The lowest BCUT2D eigenvalue weighted by Crippen LogP contribution is -2.26. The fourth-order valence-corrected chi connectivity index (χ4v) is 1.59. The molecule has 0 saturated heterocycles. The molecule has 1 aromatic heterocycles. The van der Waals surface area contributed by atoms with Gasteiger partial charge in [-0.25, -0.2) is 4.79 Å². The average molecular weight is 260 g/mol. The molecule has 1 N–H and O–H groups in total. The molecule has 0 radical (unpaired) electrons. The number of hydrogen-bond donors (Lipinski definition) is 1. The summed E-state index contributed by atoms with van der Waals surface area (Å²) in [7, 11) is 1.58. The van der Waals surface area contributed by atoms with Crippen LogP contribution < -0.4 is 4.90 Å².